The third kappa shape index (κ3) is 5.50. The van der Waals surface area contributed by atoms with Gasteiger partial charge in [-0.2, -0.15) is 13.2 Å². The minimum Gasteiger partial charge on any atom is -0.492 e. The number of alkyl halides is 3. The number of aliphatic hydroxyl groups excluding tert-OH is 1. The Morgan fingerprint density at radius 2 is 2.10 bits per heavy atom. The Bertz CT molecular complexity index is 478. The molecule has 0 fully saturated rings. The molecule has 0 spiro atoms. The Kier molecular flexibility index (Phi) is 6.29. The van der Waals surface area contributed by atoms with Gasteiger partial charge in [-0.1, -0.05) is 0 Å². The van der Waals surface area contributed by atoms with Crippen LogP contribution < -0.4 is 15.4 Å². The SMILES string of the molecule is CCOc1ccc(C(F)(F)F)cc1NC(=O)NCCCO. The predicted octanol–water partition coefficient (Wildman–Crippen LogP) is 2.61. The van der Waals surface area contributed by atoms with E-state index >= 15 is 0 Å². The Balaban J connectivity index is 2.88. The maximum atomic E-state index is 12.7. The number of nitrogens with one attached hydrogen (secondary N) is 2. The molecule has 0 aliphatic heterocycles. The molecule has 1 aromatic carbocycles. The summed E-state index contributed by atoms with van der Waals surface area (Å²) in [5.74, 6) is 0.155. The lowest BCUT2D eigenvalue weighted by Gasteiger charge is -2.15. The topological polar surface area (TPSA) is 70.6 Å². The van der Waals surface area contributed by atoms with Crippen LogP contribution in [0.5, 0.6) is 5.75 Å². The average Bonchev–Trinajstić information content (AvgIpc) is 2.40. The Hall–Kier alpha value is -1.96. The monoisotopic (exact) mass is 306 g/mol. The van der Waals surface area contributed by atoms with Crippen LogP contribution in [0.3, 0.4) is 0 Å². The first kappa shape index (κ1) is 17.1. The van der Waals surface area contributed by atoms with E-state index in [1.54, 1.807) is 6.92 Å². The molecule has 21 heavy (non-hydrogen) atoms. The molecule has 0 saturated heterocycles. The lowest BCUT2D eigenvalue weighted by molar-refractivity contribution is -0.137. The van der Waals surface area contributed by atoms with Gasteiger partial charge in [0.15, 0.2) is 0 Å². The van der Waals surface area contributed by atoms with Crippen molar-refractivity contribution in [1.82, 2.24) is 5.32 Å². The van der Waals surface area contributed by atoms with E-state index in [1.165, 1.54) is 0 Å². The van der Waals surface area contributed by atoms with Crippen LogP contribution in [-0.2, 0) is 6.18 Å². The van der Waals surface area contributed by atoms with Gasteiger partial charge in [-0.25, -0.2) is 4.79 Å². The lowest BCUT2D eigenvalue weighted by atomic mass is 10.2. The molecule has 118 valence electrons. The summed E-state index contributed by atoms with van der Waals surface area (Å²) in [5.41, 5.74) is -0.940. The summed E-state index contributed by atoms with van der Waals surface area (Å²) in [6, 6.07) is 2.20. The van der Waals surface area contributed by atoms with Crippen molar-refractivity contribution in [3.8, 4) is 5.75 Å². The van der Waals surface area contributed by atoms with E-state index in [1.807, 2.05) is 0 Å². The molecular formula is C13H17F3N2O3. The molecule has 0 aliphatic rings. The number of halogens is 3. The van der Waals surface area contributed by atoms with Crippen LogP contribution in [0.25, 0.3) is 0 Å². The molecule has 0 saturated carbocycles. The van der Waals surface area contributed by atoms with Crippen molar-refractivity contribution >= 4 is 11.7 Å². The van der Waals surface area contributed by atoms with Crippen molar-refractivity contribution in [3.63, 3.8) is 0 Å². The van der Waals surface area contributed by atoms with E-state index in [0.717, 1.165) is 18.2 Å². The van der Waals surface area contributed by atoms with Crippen molar-refractivity contribution in [2.75, 3.05) is 25.1 Å². The molecule has 5 nitrogen and oxygen atoms in total. The summed E-state index contributed by atoms with van der Waals surface area (Å²) in [5, 5.41) is 13.3. The fourth-order valence-electron chi connectivity index (χ4n) is 1.53. The summed E-state index contributed by atoms with van der Waals surface area (Å²) >= 11 is 0. The molecule has 2 amide bonds. The molecule has 0 atom stereocenters. The zero-order valence-electron chi connectivity index (χ0n) is 11.5. The van der Waals surface area contributed by atoms with Crippen molar-refractivity contribution < 1.29 is 27.8 Å². The van der Waals surface area contributed by atoms with Crippen molar-refractivity contribution in [2.45, 2.75) is 19.5 Å². The fourth-order valence-corrected chi connectivity index (χ4v) is 1.53. The first-order valence-electron chi connectivity index (χ1n) is 6.38. The summed E-state index contributed by atoms with van der Waals surface area (Å²) in [7, 11) is 0. The zero-order chi connectivity index (χ0) is 15.9. The van der Waals surface area contributed by atoms with E-state index in [9.17, 15) is 18.0 Å². The molecule has 1 rings (SSSR count). The van der Waals surface area contributed by atoms with Crippen LogP contribution in [-0.4, -0.2) is 30.9 Å². The third-order valence-corrected chi connectivity index (χ3v) is 2.48. The van der Waals surface area contributed by atoms with Crippen LogP contribution in [0, 0.1) is 0 Å². The number of urea groups is 1. The fraction of sp³-hybridized carbons (Fsp3) is 0.462. The second kappa shape index (κ2) is 7.72. The highest BCUT2D eigenvalue weighted by Gasteiger charge is 2.31. The molecule has 3 N–H and O–H groups in total. The first-order chi connectivity index (χ1) is 9.88. The largest absolute Gasteiger partial charge is 0.492 e. The minimum atomic E-state index is -4.51. The molecule has 0 aromatic heterocycles. The number of amides is 2. The quantitative estimate of drug-likeness (QED) is 0.708. The summed E-state index contributed by atoms with van der Waals surface area (Å²) < 4.78 is 43.2. The van der Waals surface area contributed by atoms with Gasteiger partial charge in [-0.3, -0.25) is 0 Å². The molecule has 8 heteroatoms. The number of ether oxygens (including phenoxy) is 1. The molecular weight excluding hydrogens is 289 g/mol. The molecule has 0 aliphatic carbocycles. The van der Waals surface area contributed by atoms with E-state index in [2.05, 4.69) is 10.6 Å². The van der Waals surface area contributed by atoms with Crippen LogP contribution in [0.15, 0.2) is 18.2 Å². The van der Waals surface area contributed by atoms with Crippen molar-refractivity contribution in [3.05, 3.63) is 23.8 Å². The van der Waals surface area contributed by atoms with E-state index in [4.69, 9.17) is 9.84 Å². The standard InChI is InChI=1S/C13H17F3N2O3/c1-2-21-11-5-4-9(13(14,15)16)8-10(11)18-12(20)17-6-3-7-19/h4-5,8,19H,2-3,6-7H2,1H3,(H2,17,18,20). The number of hydrogen-bond acceptors (Lipinski definition) is 3. The second-order valence-corrected chi connectivity index (χ2v) is 4.10. The van der Waals surface area contributed by atoms with Gasteiger partial charge in [-0.05, 0) is 31.5 Å². The lowest BCUT2D eigenvalue weighted by Crippen LogP contribution is -2.30. The highest BCUT2D eigenvalue weighted by atomic mass is 19.4. The first-order valence-corrected chi connectivity index (χ1v) is 6.38. The molecule has 0 unspecified atom stereocenters. The van der Waals surface area contributed by atoms with Crippen LogP contribution in [0.2, 0.25) is 0 Å². The van der Waals surface area contributed by atoms with Gasteiger partial charge in [0, 0.05) is 13.2 Å². The minimum absolute atomic E-state index is 0.0619. The van der Waals surface area contributed by atoms with Gasteiger partial charge in [0.2, 0.25) is 0 Å². The smallest absolute Gasteiger partial charge is 0.416 e. The molecule has 0 heterocycles. The second-order valence-electron chi connectivity index (χ2n) is 4.10. The highest BCUT2D eigenvalue weighted by Crippen LogP contribution is 2.35. The number of hydrogen-bond donors (Lipinski definition) is 3. The van der Waals surface area contributed by atoms with Crippen molar-refractivity contribution in [1.29, 1.82) is 0 Å². The van der Waals surface area contributed by atoms with Gasteiger partial charge >= 0.3 is 12.2 Å². The number of anilines is 1. The van der Waals surface area contributed by atoms with Crippen LogP contribution in [0.4, 0.5) is 23.7 Å². The summed E-state index contributed by atoms with van der Waals surface area (Å²) in [6.07, 6.45) is -4.15. The zero-order valence-corrected chi connectivity index (χ0v) is 11.5. The van der Waals surface area contributed by atoms with Gasteiger partial charge in [-0.15, -0.1) is 0 Å². The van der Waals surface area contributed by atoms with Crippen LogP contribution in [0.1, 0.15) is 18.9 Å². The maximum absolute atomic E-state index is 12.7. The number of carbonyl (C=O) groups excluding carboxylic acids is 1. The third-order valence-electron chi connectivity index (χ3n) is 2.48. The van der Waals surface area contributed by atoms with E-state index < -0.39 is 17.8 Å². The van der Waals surface area contributed by atoms with Crippen LogP contribution >= 0.6 is 0 Å². The molecule has 1 aromatic rings. The number of aliphatic hydroxyl groups is 1. The molecule has 0 bridgehead atoms. The van der Waals surface area contributed by atoms with E-state index in [0.29, 0.717) is 6.42 Å². The number of benzene rings is 1. The number of carbonyl (C=O) groups is 1. The maximum Gasteiger partial charge on any atom is 0.416 e. The summed E-state index contributed by atoms with van der Waals surface area (Å²) in [4.78, 5) is 11.6. The molecule has 0 radical (unpaired) electrons. The predicted molar refractivity (Wildman–Crippen MR) is 71.3 cm³/mol. The summed E-state index contributed by atoms with van der Waals surface area (Å²) in [6.45, 7) is 2.06. The van der Waals surface area contributed by atoms with E-state index in [-0.39, 0.29) is 31.2 Å². The average molecular weight is 306 g/mol. The highest BCUT2D eigenvalue weighted by molar-refractivity contribution is 5.91. The van der Waals surface area contributed by atoms with Gasteiger partial charge < -0.3 is 20.5 Å². The Morgan fingerprint density at radius 3 is 2.67 bits per heavy atom. The van der Waals surface area contributed by atoms with Gasteiger partial charge in [0.25, 0.3) is 0 Å². The van der Waals surface area contributed by atoms with Crippen molar-refractivity contribution in [2.24, 2.45) is 0 Å². The number of rotatable bonds is 6. The Labute approximate surface area is 120 Å². The normalized spacial score (nSPS) is 11.1. The van der Waals surface area contributed by atoms with Gasteiger partial charge in [0.05, 0.1) is 17.9 Å². The van der Waals surface area contributed by atoms with Gasteiger partial charge in [0.1, 0.15) is 5.75 Å². The Morgan fingerprint density at radius 1 is 1.38 bits per heavy atom.